The maximum Gasteiger partial charge on any atom is 0.305 e. The summed E-state index contributed by atoms with van der Waals surface area (Å²) in [6.07, 6.45) is 60.8. The Labute approximate surface area is 387 Å². The van der Waals surface area contributed by atoms with Crippen LogP contribution in [0.2, 0.25) is 0 Å². The predicted octanol–water partition coefficient (Wildman–Crippen LogP) is 16.9. The van der Waals surface area contributed by atoms with Gasteiger partial charge in [-0.3, -0.25) is 9.59 Å². The van der Waals surface area contributed by atoms with Crippen molar-refractivity contribution in [3.05, 3.63) is 12.2 Å². The van der Waals surface area contributed by atoms with E-state index in [1.165, 1.54) is 244 Å². The highest BCUT2D eigenvalue weighted by Crippen LogP contribution is 2.17. The molecule has 2 unspecified atom stereocenters. The molecule has 0 saturated heterocycles. The number of rotatable bonds is 52. The van der Waals surface area contributed by atoms with Crippen molar-refractivity contribution in [1.82, 2.24) is 5.32 Å². The van der Waals surface area contributed by atoms with E-state index >= 15 is 0 Å². The van der Waals surface area contributed by atoms with Gasteiger partial charge < -0.3 is 20.3 Å². The van der Waals surface area contributed by atoms with E-state index in [1.54, 1.807) is 6.08 Å². The van der Waals surface area contributed by atoms with Crippen LogP contribution < -0.4 is 5.32 Å². The third-order valence-corrected chi connectivity index (χ3v) is 13.1. The van der Waals surface area contributed by atoms with Crippen molar-refractivity contribution in [2.75, 3.05) is 13.2 Å². The van der Waals surface area contributed by atoms with Gasteiger partial charge in [0, 0.05) is 12.8 Å². The molecule has 0 aromatic heterocycles. The van der Waals surface area contributed by atoms with E-state index in [4.69, 9.17) is 4.74 Å². The van der Waals surface area contributed by atoms with E-state index in [1.807, 2.05) is 6.08 Å². The van der Waals surface area contributed by atoms with Crippen LogP contribution in [0, 0.1) is 0 Å². The first-order valence-corrected chi connectivity index (χ1v) is 28.0. The van der Waals surface area contributed by atoms with Crippen LogP contribution in [0.15, 0.2) is 12.2 Å². The number of ether oxygens (including phenoxy) is 1. The summed E-state index contributed by atoms with van der Waals surface area (Å²) in [6, 6.07) is -0.628. The van der Waals surface area contributed by atoms with Gasteiger partial charge in [0.15, 0.2) is 0 Å². The lowest BCUT2D eigenvalue weighted by Gasteiger charge is -2.20. The molecule has 0 bridgehead atoms. The van der Waals surface area contributed by atoms with Gasteiger partial charge in [0.2, 0.25) is 5.91 Å². The van der Waals surface area contributed by atoms with Crippen molar-refractivity contribution in [3.63, 3.8) is 0 Å². The first-order valence-electron chi connectivity index (χ1n) is 28.0. The summed E-state index contributed by atoms with van der Waals surface area (Å²) in [5.74, 6) is -0.0599. The van der Waals surface area contributed by atoms with Crippen LogP contribution in [0.25, 0.3) is 0 Å². The van der Waals surface area contributed by atoms with Crippen molar-refractivity contribution < 1.29 is 24.5 Å². The Morgan fingerprint density at radius 2 is 0.742 bits per heavy atom. The standard InChI is InChI=1S/C56H109NO5/c1-3-5-7-9-11-13-15-24-28-32-36-40-44-48-54(59)53(52-58)57-55(60)49-45-41-37-33-29-26-22-20-18-17-19-21-23-27-31-35-39-43-47-51-62-56(61)50-46-42-38-34-30-25-16-14-12-10-8-6-4-2/h44,48,53-54,58-59H,3-43,45-47,49-52H2,1-2H3,(H,57,60)/b48-44+. The molecule has 0 aliphatic carbocycles. The second-order valence-corrected chi connectivity index (χ2v) is 19.3. The van der Waals surface area contributed by atoms with Crippen molar-refractivity contribution in [3.8, 4) is 0 Å². The van der Waals surface area contributed by atoms with Gasteiger partial charge in [-0.05, 0) is 32.1 Å². The fraction of sp³-hybridized carbons (Fsp3) is 0.929. The highest BCUT2D eigenvalue weighted by Gasteiger charge is 2.18. The summed E-state index contributed by atoms with van der Waals surface area (Å²) in [5, 5.41) is 23.0. The Kier molecular flexibility index (Phi) is 51.0. The average Bonchev–Trinajstić information content (AvgIpc) is 3.27. The molecule has 0 rings (SSSR count). The first-order chi connectivity index (χ1) is 30.5. The van der Waals surface area contributed by atoms with Crippen molar-refractivity contribution >= 4 is 11.9 Å². The Bertz CT molecular complexity index is 924. The van der Waals surface area contributed by atoms with E-state index in [0.717, 1.165) is 38.5 Å². The fourth-order valence-electron chi connectivity index (χ4n) is 8.75. The number of nitrogens with one attached hydrogen (secondary N) is 1. The topological polar surface area (TPSA) is 95.9 Å². The molecule has 6 nitrogen and oxygen atoms in total. The number of esters is 1. The molecule has 3 N–H and O–H groups in total. The zero-order valence-electron chi connectivity index (χ0n) is 41.9. The molecular formula is C56H109NO5. The van der Waals surface area contributed by atoms with Gasteiger partial charge in [-0.25, -0.2) is 0 Å². The first kappa shape index (κ1) is 60.6. The second kappa shape index (κ2) is 52.2. The minimum atomic E-state index is -0.844. The summed E-state index contributed by atoms with van der Waals surface area (Å²) < 4.78 is 5.47. The number of aliphatic hydroxyl groups excluding tert-OH is 2. The molecule has 0 fully saturated rings. The largest absolute Gasteiger partial charge is 0.466 e. The van der Waals surface area contributed by atoms with Crippen LogP contribution in [-0.2, 0) is 14.3 Å². The minimum Gasteiger partial charge on any atom is -0.466 e. The number of unbranched alkanes of at least 4 members (excludes halogenated alkanes) is 41. The van der Waals surface area contributed by atoms with E-state index in [0.29, 0.717) is 19.4 Å². The highest BCUT2D eigenvalue weighted by atomic mass is 16.5. The molecule has 0 radical (unpaired) electrons. The van der Waals surface area contributed by atoms with Crippen LogP contribution >= 0.6 is 0 Å². The van der Waals surface area contributed by atoms with Crippen molar-refractivity contribution in [2.24, 2.45) is 0 Å². The van der Waals surface area contributed by atoms with Crippen molar-refractivity contribution in [1.29, 1.82) is 0 Å². The molecule has 0 aliphatic rings. The van der Waals surface area contributed by atoms with Crippen LogP contribution in [0.5, 0.6) is 0 Å². The van der Waals surface area contributed by atoms with Crippen LogP contribution in [0.3, 0.4) is 0 Å². The number of hydrogen-bond acceptors (Lipinski definition) is 5. The number of hydrogen-bond donors (Lipinski definition) is 3. The summed E-state index contributed by atoms with van der Waals surface area (Å²) >= 11 is 0. The van der Waals surface area contributed by atoms with E-state index in [2.05, 4.69) is 19.2 Å². The summed E-state index contributed by atoms with van der Waals surface area (Å²) in [7, 11) is 0. The molecule has 0 heterocycles. The number of amides is 1. The second-order valence-electron chi connectivity index (χ2n) is 19.3. The van der Waals surface area contributed by atoms with E-state index in [9.17, 15) is 19.8 Å². The van der Waals surface area contributed by atoms with Gasteiger partial charge in [-0.1, -0.05) is 276 Å². The average molecular weight is 876 g/mol. The number of carbonyl (C=O) groups is 2. The Hall–Kier alpha value is -1.40. The van der Waals surface area contributed by atoms with Gasteiger partial charge in [0.1, 0.15) is 0 Å². The summed E-state index contributed by atoms with van der Waals surface area (Å²) in [6.45, 7) is 4.91. The van der Waals surface area contributed by atoms with Crippen molar-refractivity contribution in [2.45, 2.75) is 321 Å². The van der Waals surface area contributed by atoms with Crippen LogP contribution in [0.1, 0.15) is 309 Å². The minimum absolute atomic E-state index is 0.0100. The SMILES string of the molecule is CCCCCCCCCCCCC/C=C/C(O)C(CO)NC(=O)CCCCCCCCCCCCCCCCCCCCCOC(=O)CCCCCCCCCCCCCCC. The molecule has 0 saturated carbocycles. The lowest BCUT2D eigenvalue weighted by atomic mass is 10.0. The normalized spacial score (nSPS) is 12.6. The maximum atomic E-state index is 12.4. The third-order valence-electron chi connectivity index (χ3n) is 13.1. The number of allylic oxidation sites excluding steroid dienone is 1. The maximum absolute atomic E-state index is 12.4. The lowest BCUT2D eigenvalue weighted by molar-refractivity contribution is -0.143. The molecule has 6 heteroatoms. The van der Waals surface area contributed by atoms with Gasteiger partial charge in [0.05, 0.1) is 25.4 Å². The number of carbonyl (C=O) groups excluding carboxylic acids is 2. The smallest absolute Gasteiger partial charge is 0.305 e. The molecule has 62 heavy (non-hydrogen) atoms. The molecule has 0 spiro atoms. The molecule has 0 aliphatic heterocycles. The van der Waals surface area contributed by atoms with Gasteiger partial charge >= 0.3 is 5.97 Å². The lowest BCUT2D eigenvalue weighted by Crippen LogP contribution is -2.45. The molecular weight excluding hydrogens is 767 g/mol. The Morgan fingerprint density at radius 1 is 0.435 bits per heavy atom. The Balaban J connectivity index is 3.41. The van der Waals surface area contributed by atoms with Gasteiger partial charge in [-0.2, -0.15) is 0 Å². The summed E-state index contributed by atoms with van der Waals surface area (Å²) in [5.41, 5.74) is 0. The molecule has 2 atom stereocenters. The molecule has 0 aromatic rings. The van der Waals surface area contributed by atoms with Gasteiger partial charge in [-0.15, -0.1) is 0 Å². The highest BCUT2D eigenvalue weighted by molar-refractivity contribution is 5.76. The number of aliphatic hydroxyl groups is 2. The molecule has 368 valence electrons. The third kappa shape index (κ3) is 48.1. The predicted molar refractivity (Wildman–Crippen MR) is 269 cm³/mol. The van der Waals surface area contributed by atoms with Gasteiger partial charge in [0.25, 0.3) is 0 Å². The zero-order valence-corrected chi connectivity index (χ0v) is 41.9. The quantitative estimate of drug-likeness (QED) is 0.0321. The molecule has 1 amide bonds. The van der Waals surface area contributed by atoms with E-state index in [-0.39, 0.29) is 18.5 Å². The summed E-state index contributed by atoms with van der Waals surface area (Å²) in [4.78, 5) is 24.4. The zero-order chi connectivity index (χ0) is 45.1. The Morgan fingerprint density at radius 3 is 1.10 bits per heavy atom. The fourth-order valence-corrected chi connectivity index (χ4v) is 8.75. The monoisotopic (exact) mass is 876 g/mol. The van der Waals surface area contributed by atoms with Crippen LogP contribution in [0.4, 0.5) is 0 Å². The molecule has 0 aromatic carbocycles. The van der Waals surface area contributed by atoms with Crippen LogP contribution in [-0.4, -0.2) is 47.4 Å². The van der Waals surface area contributed by atoms with E-state index < -0.39 is 12.1 Å².